The minimum absolute atomic E-state index is 0. The molecule has 41 heavy (non-hydrogen) atoms. The molecule has 5 aromatic rings. The third-order valence-electron chi connectivity index (χ3n) is 6.51. The summed E-state index contributed by atoms with van der Waals surface area (Å²) in [6.45, 7) is 4.79. The normalized spacial score (nSPS) is 11.9. The Morgan fingerprint density at radius 3 is 2.66 bits per heavy atom. The summed E-state index contributed by atoms with van der Waals surface area (Å²) in [6, 6.07) is 11.3. The van der Waals surface area contributed by atoms with Crippen LogP contribution in [0.2, 0.25) is 0 Å². The van der Waals surface area contributed by atoms with Gasteiger partial charge in [-0.3, -0.25) is 9.59 Å². The summed E-state index contributed by atoms with van der Waals surface area (Å²) in [5.74, 6) is -0.323. The second kappa shape index (κ2) is 12.1. The van der Waals surface area contributed by atoms with Gasteiger partial charge in [0.15, 0.2) is 12.3 Å². The number of hydrogen-bond acceptors (Lipinski definition) is 8. The number of carbonyl (C=O) groups excluding carboxylic acids is 2. The van der Waals surface area contributed by atoms with E-state index in [0.29, 0.717) is 18.0 Å². The summed E-state index contributed by atoms with van der Waals surface area (Å²) in [5, 5.41) is 15.7. The number of H-pyrrole nitrogens is 1. The molecule has 1 aliphatic rings. The second-order valence-electron chi connectivity index (χ2n) is 9.12. The van der Waals surface area contributed by atoms with Crippen LogP contribution in [-0.2, 0) is 17.9 Å². The molecule has 0 saturated heterocycles. The highest BCUT2D eigenvalue weighted by Gasteiger charge is 2.20. The first-order valence-corrected chi connectivity index (χ1v) is 12.3. The predicted octanol–water partition coefficient (Wildman–Crippen LogP) is 3.85. The largest absolute Gasteiger partial charge is 0.482 e. The number of carboxylic acid groups (broad SMARTS) is 1. The molecule has 0 bridgehead atoms. The van der Waals surface area contributed by atoms with Crippen LogP contribution >= 0.6 is 12.4 Å². The number of nitrogens with two attached hydrogens (primary N) is 1. The van der Waals surface area contributed by atoms with Gasteiger partial charge in [-0.2, -0.15) is 0 Å². The fourth-order valence-electron chi connectivity index (χ4n) is 4.30. The van der Waals surface area contributed by atoms with E-state index in [1.807, 2.05) is 19.1 Å². The quantitative estimate of drug-likeness (QED) is 0.206. The molecule has 0 spiro atoms. The monoisotopic (exact) mass is 578 g/mol. The molecule has 0 radical (unpaired) electrons. The maximum absolute atomic E-state index is 12.5. The molecule has 3 aromatic heterocycles. The molecule has 1 aliphatic heterocycles. The first-order chi connectivity index (χ1) is 19.2. The first-order valence-electron chi connectivity index (χ1n) is 12.3. The number of halogens is 1. The van der Waals surface area contributed by atoms with Crippen LogP contribution in [0.4, 0.5) is 5.69 Å². The zero-order chi connectivity index (χ0) is 28.4. The lowest BCUT2D eigenvalue weighted by Crippen LogP contribution is -2.26. The topological polar surface area (TPSA) is 185 Å². The number of carboxylic acids is 1. The maximum atomic E-state index is 12.5. The molecule has 12 nitrogen and oxygen atoms in total. The summed E-state index contributed by atoms with van der Waals surface area (Å²) in [5.41, 5.74) is 10.6. The van der Waals surface area contributed by atoms with Crippen LogP contribution in [0.5, 0.6) is 5.75 Å². The van der Waals surface area contributed by atoms with Crippen molar-refractivity contribution in [1.82, 2.24) is 20.3 Å². The van der Waals surface area contributed by atoms with E-state index in [1.165, 1.54) is 17.1 Å². The van der Waals surface area contributed by atoms with Crippen molar-refractivity contribution in [3.8, 4) is 5.75 Å². The SMILES string of the molecule is Cc1oc2ccc(CN)cc2c1C.Cl.O=C1COc2ccc(CNC(=O)c3ncnc4c(C(=O)O)c[nH]c34)cc2N1. The lowest BCUT2D eigenvalue weighted by atomic mass is 10.1. The van der Waals surface area contributed by atoms with Crippen LogP contribution in [-0.4, -0.2) is 44.4 Å². The number of hydrogen-bond donors (Lipinski definition) is 5. The number of aromatic amines is 1. The van der Waals surface area contributed by atoms with Gasteiger partial charge in [0.1, 0.15) is 34.5 Å². The first kappa shape index (κ1) is 29.1. The van der Waals surface area contributed by atoms with Crippen molar-refractivity contribution in [3.05, 3.63) is 82.6 Å². The fraction of sp³-hybridized carbons (Fsp3) is 0.179. The van der Waals surface area contributed by atoms with Crippen LogP contribution in [0.1, 0.15) is 43.3 Å². The Morgan fingerprint density at radius 1 is 1.12 bits per heavy atom. The van der Waals surface area contributed by atoms with Gasteiger partial charge in [0, 0.05) is 24.7 Å². The molecule has 2 aromatic carbocycles. The number of fused-ring (bicyclic) bond motifs is 3. The lowest BCUT2D eigenvalue weighted by molar-refractivity contribution is -0.118. The smallest absolute Gasteiger partial charge is 0.339 e. The van der Waals surface area contributed by atoms with Crippen LogP contribution in [0.15, 0.2) is 53.3 Å². The van der Waals surface area contributed by atoms with Crippen molar-refractivity contribution in [3.63, 3.8) is 0 Å². The van der Waals surface area contributed by atoms with Crippen molar-refractivity contribution in [2.45, 2.75) is 26.9 Å². The Kier molecular flexibility index (Phi) is 8.55. The molecular formula is C28H27ClN6O6. The number of carbonyl (C=O) groups is 3. The second-order valence-corrected chi connectivity index (χ2v) is 9.12. The molecule has 13 heteroatoms. The Balaban J connectivity index is 0.000000233. The number of nitrogens with zero attached hydrogens (tertiary/aromatic N) is 2. The highest BCUT2D eigenvalue weighted by atomic mass is 35.5. The van der Waals surface area contributed by atoms with Gasteiger partial charge in [0.05, 0.1) is 11.2 Å². The molecule has 0 atom stereocenters. The van der Waals surface area contributed by atoms with Crippen molar-refractivity contribution < 1.29 is 28.6 Å². The van der Waals surface area contributed by atoms with Crippen LogP contribution < -0.4 is 21.1 Å². The number of amides is 2. The van der Waals surface area contributed by atoms with Gasteiger partial charge >= 0.3 is 5.97 Å². The van der Waals surface area contributed by atoms with Gasteiger partial charge in [0.2, 0.25) is 0 Å². The van der Waals surface area contributed by atoms with E-state index >= 15 is 0 Å². The zero-order valence-electron chi connectivity index (χ0n) is 22.1. The number of aromatic carboxylic acids is 1. The van der Waals surface area contributed by atoms with Crippen molar-refractivity contribution in [1.29, 1.82) is 0 Å². The molecule has 6 N–H and O–H groups in total. The zero-order valence-corrected chi connectivity index (χ0v) is 22.9. The Hall–Kier alpha value is -4.94. The number of aryl methyl sites for hydroxylation is 2. The van der Waals surface area contributed by atoms with E-state index in [9.17, 15) is 14.4 Å². The predicted molar refractivity (Wildman–Crippen MR) is 153 cm³/mol. The molecule has 6 rings (SSSR count). The number of ether oxygens (including phenoxy) is 1. The van der Waals surface area contributed by atoms with E-state index < -0.39 is 11.9 Å². The molecule has 2 amide bonds. The number of rotatable bonds is 5. The summed E-state index contributed by atoms with van der Waals surface area (Å²) in [6.07, 6.45) is 2.41. The average molecular weight is 579 g/mol. The highest BCUT2D eigenvalue weighted by molar-refractivity contribution is 6.08. The Bertz CT molecular complexity index is 1780. The van der Waals surface area contributed by atoms with Crippen LogP contribution in [0.3, 0.4) is 0 Å². The summed E-state index contributed by atoms with van der Waals surface area (Å²) in [4.78, 5) is 45.7. The number of aromatic nitrogens is 3. The van der Waals surface area contributed by atoms with Gasteiger partial charge in [-0.1, -0.05) is 12.1 Å². The van der Waals surface area contributed by atoms with Gasteiger partial charge in [-0.15, -0.1) is 12.4 Å². The lowest BCUT2D eigenvalue weighted by Gasteiger charge is -2.18. The minimum Gasteiger partial charge on any atom is -0.482 e. The number of anilines is 1. The van der Waals surface area contributed by atoms with Crippen molar-refractivity contribution >= 4 is 57.9 Å². The number of furan rings is 1. The summed E-state index contributed by atoms with van der Waals surface area (Å²) >= 11 is 0. The van der Waals surface area contributed by atoms with E-state index in [0.717, 1.165) is 28.8 Å². The van der Waals surface area contributed by atoms with Crippen molar-refractivity contribution in [2.24, 2.45) is 5.73 Å². The Morgan fingerprint density at radius 2 is 1.90 bits per heavy atom. The summed E-state index contributed by atoms with van der Waals surface area (Å²) < 4.78 is 10.8. The number of nitrogens with one attached hydrogen (secondary N) is 3. The van der Waals surface area contributed by atoms with Crippen LogP contribution in [0.25, 0.3) is 22.0 Å². The van der Waals surface area contributed by atoms with Crippen LogP contribution in [0, 0.1) is 13.8 Å². The standard InChI is InChI=1S/C17H13N5O5.C11H13NO.ClH/c23-12-6-27-11-2-1-8(3-10(11)22-12)4-19-16(24)15-14-13(20-7-21-15)9(5-18-14)17(25)26;1-7-8(2)13-11-4-3-9(6-12)5-10(7)11;/h1-3,5,7,18H,4,6H2,(H,19,24)(H,22,23)(H,25,26);3-5H,6,12H2,1-2H3;1H. The van der Waals surface area contributed by atoms with E-state index in [-0.39, 0.29) is 53.8 Å². The molecule has 0 aliphatic carbocycles. The molecule has 0 unspecified atom stereocenters. The average Bonchev–Trinajstić information content (AvgIpc) is 3.52. The Labute approximate surface area is 239 Å². The van der Waals surface area contributed by atoms with Gasteiger partial charge in [-0.25, -0.2) is 14.8 Å². The third kappa shape index (κ3) is 5.98. The van der Waals surface area contributed by atoms with Gasteiger partial charge in [0.25, 0.3) is 11.8 Å². The number of benzene rings is 2. The van der Waals surface area contributed by atoms with Crippen molar-refractivity contribution in [2.75, 3.05) is 11.9 Å². The highest BCUT2D eigenvalue weighted by Crippen LogP contribution is 2.28. The third-order valence-corrected chi connectivity index (χ3v) is 6.51. The fourth-order valence-corrected chi connectivity index (χ4v) is 4.30. The molecular weight excluding hydrogens is 552 g/mol. The minimum atomic E-state index is -1.15. The van der Waals surface area contributed by atoms with E-state index in [2.05, 4.69) is 38.6 Å². The molecule has 212 valence electrons. The molecule has 0 saturated carbocycles. The van der Waals surface area contributed by atoms with E-state index in [4.69, 9.17) is 20.0 Å². The molecule has 4 heterocycles. The van der Waals surface area contributed by atoms with Gasteiger partial charge < -0.3 is 35.6 Å². The molecule has 0 fully saturated rings. The maximum Gasteiger partial charge on any atom is 0.339 e. The summed E-state index contributed by atoms with van der Waals surface area (Å²) in [7, 11) is 0. The van der Waals surface area contributed by atoms with E-state index in [1.54, 1.807) is 18.2 Å². The van der Waals surface area contributed by atoms with Gasteiger partial charge in [-0.05, 0) is 54.8 Å².